The molecule has 5 nitrogen and oxygen atoms in total. The third-order valence-electron chi connectivity index (χ3n) is 5.37. The molecule has 5 rings (SSSR count). The largest absolute Gasteiger partial charge is 0.805 e. The lowest BCUT2D eigenvalue weighted by Crippen LogP contribution is -3.21. The highest BCUT2D eigenvalue weighted by Crippen LogP contribution is 2.33. The van der Waals surface area contributed by atoms with Crippen LogP contribution in [-0.4, -0.2) is 28.2 Å². The molecule has 3 aliphatic rings. The van der Waals surface area contributed by atoms with Gasteiger partial charge in [0.2, 0.25) is 5.91 Å². The van der Waals surface area contributed by atoms with Crippen molar-refractivity contribution < 1.29 is 14.8 Å². The molecule has 0 radical (unpaired) electrons. The Labute approximate surface area is 161 Å². The van der Waals surface area contributed by atoms with Crippen molar-refractivity contribution >= 4 is 23.2 Å². The molecule has 1 N–H and O–H groups in total. The summed E-state index contributed by atoms with van der Waals surface area (Å²) in [5.41, 5.74) is 3.39. The summed E-state index contributed by atoms with van der Waals surface area (Å²) in [5, 5.41) is 14.0. The highest BCUT2D eigenvalue weighted by atomic mass is 35.5. The molecule has 27 heavy (non-hydrogen) atoms. The highest BCUT2D eigenvalue weighted by molar-refractivity contribution is 6.29. The summed E-state index contributed by atoms with van der Waals surface area (Å²) in [6.45, 7) is 0. The molecular formula is C21H16ClN3O2. The molecule has 3 aliphatic heterocycles. The molecule has 134 valence electrons. The van der Waals surface area contributed by atoms with E-state index >= 15 is 0 Å². The number of halogens is 1. The molecule has 0 bridgehead atoms. The first-order chi connectivity index (χ1) is 13.1. The quantitative estimate of drug-likeness (QED) is 0.796. The summed E-state index contributed by atoms with van der Waals surface area (Å²) >= 11 is 5.92. The number of hydrogen-bond donors (Lipinski definition) is 1. The van der Waals surface area contributed by atoms with Gasteiger partial charge in [0.15, 0.2) is 6.17 Å². The Kier molecular flexibility index (Phi) is 3.75. The van der Waals surface area contributed by atoms with Crippen LogP contribution >= 0.6 is 11.6 Å². The van der Waals surface area contributed by atoms with Crippen LogP contribution in [0.25, 0.3) is 5.70 Å². The SMILES string of the molecule is O=C1C(c2ccccc2)C([O-])[NH+]2C(c3ccc(Cl)nc3)=CC3=CC=CN1C32. The first kappa shape index (κ1) is 16.4. The van der Waals surface area contributed by atoms with Gasteiger partial charge in [-0.15, -0.1) is 0 Å². The van der Waals surface area contributed by atoms with E-state index in [4.69, 9.17) is 11.6 Å². The zero-order valence-corrected chi connectivity index (χ0v) is 15.0. The topological polar surface area (TPSA) is 60.7 Å². The number of nitrogens with one attached hydrogen (secondary N) is 1. The lowest BCUT2D eigenvalue weighted by Gasteiger charge is -2.49. The maximum atomic E-state index is 13.6. The second-order valence-corrected chi connectivity index (χ2v) is 7.24. The Bertz CT molecular complexity index is 998. The van der Waals surface area contributed by atoms with Gasteiger partial charge in [-0.05, 0) is 29.8 Å². The molecule has 6 heteroatoms. The van der Waals surface area contributed by atoms with Crippen molar-refractivity contribution in [1.82, 2.24) is 9.88 Å². The number of pyridine rings is 1. The number of quaternary nitrogens is 1. The summed E-state index contributed by atoms with van der Waals surface area (Å²) in [7, 11) is 0. The van der Waals surface area contributed by atoms with Crippen LogP contribution in [0.4, 0.5) is 0 Å². The van der Waals surface area contributed by atoms with Crippen molar-refractivity contribution in [3.05, 3.63) is 94.9 Å². The molecule has 0 saturated carbocycles. The number of nitrogens with zero attached hydrogens (tertiary/aromatic N) is 2. The average Bonchev–Trinajstić information content (AvgIpc) is 3.08. The van der Waals surface area contributed by atoms with Gasteiger partial charge in [0, 0.05) is 30.3 Å². The van der Waals surface area contributed by atoms with E-state index in [1.165, 1.54) is 0 Å². The van der Waals surface area contributed by atoms with Gasteiger partial charge in [-0.1, -0.05) is 41.9 Å². The summed E-state index contributed by atoms with van der Waals surface area (Å²) in [6, 6.07) is 12.9. The predicted molar refractivity (Wildman–Crippen MR) is 99.0 cm³/mol. The molecule has 1 saturated heterocycles. The smallest absolute Gasteiger partial charge is 0.243 e. The highest BCUT2D eigenvalue weighted by Gasteiger charge is 2.52. The number of amides is 1. The minimum Gasteiger partial charge on any atom is -0.805 e. The van der Waals surface area contributed by atoms with Crippen LogP contribution in [0.3, 0.4) is 0 Å². The third-order valence-corrected chi connectivity index (χ3v) is 5.60. The van der Waals surface area contributed by atoms with E-state index in [0.29, 0.717) is 5.15 Å². The molecule has 4 unspecified atom stereocenters. The predicted octanol–water partition coefficient (Wildman–Crippen LogP) is 1.07. The van der Waals surface area contributed by atoms with Crippen molar-refractivity contribution in [2.45, 2.75) is 18.3 Å². The van der Waals surface area contributed by atoms with Gasteiger partial charge in [-0.25, -0.2) is 4.98 Å². The van der Waals surface area contributed by atoms with Gasteiger partial charge in [-0.2, -0.15) is 0 Å². The lowest BCUT2D eigenvalue weighted by atomic mass is 9.91. The second-order valence-electron chi connectivity index (χ2n) is 6.85. The molecule has 0 spiro atoms. The van der Waals surface area contributed by atoms with Crippen LogP contribution in [-0.2, 0) is 4.79 Å². The monoisotopic (exact) mass is 377 g/mol. The van der Waals surface area contributed by atoms with E-state index in [9.17, 15) is 9.90 Å². The van der Waals surface area contributed by atoms with Crippen LogP contribution < -0.4 is 10.0 Å². The zero-order valence-electron chi connectivity index (χ0n) is 14.2. The van der Waals surface area contributed by atoms with Gasteiger partial charge >= 0.3 is 0 Å². The fourth-order valence-electron chi connectivity index (χ4n) is 4.18. The van der Waals surface area contributed by atoms with Gasteiger partial charge in [-0.3, -0.25) is 14.6 Å². The van der Waals surface area contributed by atoms with Crippen molar-refractivity contribution in [2.75, 3.05) is 0 Å². The van der Waals surface area contributed by atoms with E-state index in [0.717, 1.165) is 27.3 Å². The first-order valence-corrected chi connectivity index (χ1v) is 9.15. The van der Waals surface area contributed by atoms with Crippen LogP contribution in [0.5, 0.6) is 0 Å². The van der Waals surface area contributed by atoms with Crippen molar-refractivity contribution in [3.8, 4) is 0 Å². The zero-order chi connectivity index (χ0) is 18.5. The minimum absolute atomic E-state index is 0.152. The number of carbonyl (C=O) groups is 1. The van der Waals surface area contributed by atoms with Crippen LogP contribution in [0.2, 0.25) is 5.15 Å². The number of hydrogen-bond acceptors (Lipinski definition) is 3. The molecular weight excluding hydrogens is 362 g/mol. The second kappa shape index (κ2) is 6.16. The van der Waals surface area contributed by atoms with E-state index < -0.39 is 12.1 Å². The van der Waals surface area contributed by atoms with Crippen LogP contribution in [0.1, 0.15) is 17.0 Å². The standard InChI is InChI=1S/C21H15ClN3O2/c22-17-9-8-15(12-23-17)16-11-14-7-4-10-24-19(14)25(16)21(27)18(20(24)26)13-5-2-1-3-6-13/h1-12,18-19,21H/q-1/p+1. The molecule has 0 aliphatic carbocycles. The van der Waals surface area contributed by atoms with Gasteiger partial charge in [0.1, 0.15) is 16.8 Å². The van der Waals surface area contributed by atoms with Crippen LogP contribution in [0, 0.1) is 0 Å². The average molecular weight is 378 g/mol. The molecule has 1 aromatic carbocycles. The molecule has 1 amide bonds. The van der Waals surface area contributed by atoms with E-state index in [2.05, 4.69) is 4.98 Å². The summed E-state index contributed by atoms with van der Waals surface area (Å²) in [4.78, 5) is 19.7. The van der Waals surface area contributed by atoms with E-state index in [1.807, 2.05) is 54.6 Å². The normalized spacial score (nSPS) is 28.7. The number of carbonyl (C=O) groups excluding carboxylic acids is 1. The minimum atomic E-state index is -1.15. The van der Waals surface area contributed by atoms with Crippen molar-refractivity contribution in [2.24, 2.45) is 0 Å². The summed E-state index contributed by atoms with van der Waals surface area (Å²) in [6.07, 6.45) is 7.78. The summed E-state index contributed by atoms with van der Waals surface area (Å²) in [5.74, 6) is -0.899. The van der Waals surface area contributed by atoms with Gasteiger partial charge < -0.3 is 5.11 Å². The molecule has 2 aromatic rings. The number of allylic oxidation sites excluding steroid dienone is 2. The maximum absolute atomic E-state index is 13.6. The Hall–Kier alpha value is -2.73. The molecule has 1 aromatic heterocycles. The fourth-order valence-corrected chi connectivity index (χ4v) is 4.29. The van der Waals surface area contributed by atoms with Gasteiger partial charge in [0.25, 0.3) is 0 Å². The fraction of sp³-hybridized carbons (Fsp3) is 0.143. The number of benzene rings is 1. The Morgan fingerprint density at radius 1 is 1.15 bits per heavy atom. The van der Waals surface area contributed by atoms with Crippen molar-refractivity contribution in [1.29, 1.82) is 0 Å². The molecule has 4 atom stereocenters. The van der Waals surface area contributed by atoms with E-state index in [-0.39, 0.29) is 12.1 Å². The summed E-state index contributed by atoms with van der Waals surface area (Å²) < 4.78 is 0. The maximum Gasteiger partial charge on any atom is 0.243 e. The number of aromatic nitrogens is 1. The first-order valence-electron chi connectivity index (χ1n) is 8.77. The Morgan fingerprint density at radius 3 is 2.70 bits per heavy atom. The number of rotatable bonds is 2. The Morgan fingerprint density at radius 2 is 1.96 bits per heavy atom. The molecule has 4 heterocycles. The third kappa shape index (κ3) is 2.47. The van der Waals surface area contributed by atoms with Crippen LogP contribution in [0.15, 0.2) is 78.7 Å². The Balaban J connectivity index is 1.63. The molecule has 1 fully saturated rings. The van der Waals surface area contributed by atoms with E-state index in [1.54, 1.807) is 23.4 Å². The lowest BCUT2D eigenvalue weighted by molar-refractivity contribution is -0.963. The van der Waals surface area contributed by atoms with Crippen molar-refractivity contribution in [3.63, 3.8) is 0 Å². The van der Waals surface area contributed by atoms with Gasteiger partial charge in [0.05, 0.1) is 5.56 Å².